The monoisotopic (exact) mass is 369 g/mol. The van der Waals surface area contributed by atoms with Crippen molar-refractivity contribution < 1.29 is 14.6 Å². The number of carbonyl (C=O) groups is 1. The molecule has 17 heavy (non-hydrogen) atoms. The lowest BCUT2D eigenvalue weighted by atomic mass is 10.2. The molecule has 0 aliphatic rings. The van der Waals surface area contributed by atoms with E-state index >= 15 is 0 Å². The third-order valence-corrected chi connectivity index (χ3v) is 3.57. The van der Waals surface area contributed by atoms with Crippen molar-refractivity contribution in [2.45, 2.75) is 13.0 Å². The highest BCUT2D eigenvalue weighted by Crippen LogP contribution is 2.28. The van der Waals surface area contributed by atoms with E-state index in [0.29, 0.717) is 16.3 Å². The highest BCUT2D eigenvalue weighted by atomic mass is 127. The smallest absolute Gasteiger partial charge is 0.255 e. The fourth-order valence-corrected chi connectivity index (χ4v) is 1.81. The zero-order valence-electron chi connectivity index (χ0n) is 9.46. The molecule has 0 fully saturated rings. The van der Waals surface area contributed by atoms with E-state index in [1.165, 1.54) is 7.11 Å². The van der Waals surface area contributed by atoms with Gasteiger partial charge in [0.1, 0.15) is 5.75 Å². The number of halogens is 2. The number of benzene rings is 1. The SMILES string of the molecule is COc1cc(I)c(Cl)cc1C(=O)NCC(C)O. The highest BCUT2D eigenvalue weighted by molar-refractivity contribution is 14.1. The van der Waals surface area contributed by atoms with Gasteiger partial charge in [0, 0.05) is 10.1 Å². The highest BCUT2D eigenvalue weighted by Gasteiger charge is 2.15. The summed E-state index contributed by atoms with van der Waals surface area (Å²) in [6.45, 7) is 1.78. The third kappa shape index (κ3) is 4.01. The second-order valence-electron chi connectivity index (χ2n) is 3.53. The molecule has 0 spiro atoms. The molecule has 1 unspecified atom stereocenters. The van der Waals surface area contributed by atoms with Gasteiger partial charge in [-0.1, -0.05) is 11.6 Å². The van der Waals surface area contributed by atoms with Crippen LogP contribution in [-0.2, 0) is 0 Å². The van der Waals surface area contributed by atoms with Gasteiger partial charge in [-0.25, -0.2) is 0 Å². The van der Waals surface area contributed by atoms with Crippen molar-refractivity contribution in [3.05, 3.63) is 26.3 Å². The molecule has 2 N–H and O–H groups in total. The average molecular weight is 370 g/mol. The molecule has 1 rings (SSSR count). The first-order valence-corrected chi connectivity index (χ1v) is 6.40. The van der Waals surface area contributed by atoms with E-state index in [9.17, 15) is 4.79 Å². The normalized spacial score (nSPS) is 12.1. The number of hydrogen-bond donors (Lipinski definition) is 2. The van der Waals surface area contributed by atoms with E-state index in [1.54, 1.807) is 19.1 Å². The molecule has 0 aliphatic carbocycles. The lowest BCUT2D eigenvalue weighted by molar-refractivity contribution is 0.0921. The molecule has 1 aromatic rings. The van der Waals surface area contributed by atoms with Gasteiger partial charge in [0.15, 0.2) is 0 Å². The Hall–Kier alpha value is -0.530. The Labute approximate surface area is 118 Å². The van der Waals surface area contributed by atoms with Crippen molar-refractivity contribution in [3.8, 4) is 5.75 Å². The summed E-state index contributed by atoms with van der Waals surface area (Å²) < 4.78 is 5.94. The summed E-state index contributed by atoms with van der Waals surface area (Å²) in [4.78, 5) is 11.8. The van der Waals surface area contributed by atoms with Crippen LogP contribution in [0.25, 0.3) is 0 Å². The van der Waals surface area contributed by atoms with Crippen LogP contribution in [0.4, 0.5) is 0 Å². The number of hydrogen-bond acceptors (Lipinski definition) is 3. The Kier molecular flexibility index (Phi) is 5.48. The van der Waals surface area contributed by atoms with E-state index in [2.05, 4.69) is 27.9 Å². The van der Waals surface area contributed by atoms with E-state index in [-0.39, 0.29) is 12.5 Å². The third-order valence-electron chi connectivity index (χ3n) is 2.05. The summed E-state index contributed by atoms with van der Waals surface area (Å²) in [7, 11) is 1.49. The lowest BCUT2D eigenvalue weighted by Crippen LogP contribution is -2.30. The molecular formula is C11H13ClINO3. The van der Waals surface area contributed by atoms with Gasteiger partial charge in [-0.15, -0.1) is 0 Å². The summed E-state index contributed by atoms with van der Waals surface area (Å²) in [5, 5.41) is 12.2. The van der Waals surface area contributed by atoms with Crippen LogP contribution in [-0.4, -0.2) is 30.8 Å². The number of amides is 1. The average Bonchev–Trinajstić information content (AvgIpc) is 2.28. The number of methoxy groups -OCH3 is 1. The van der Waals surface area contributed by atoms with Crippen LogP contribution in [0.1, 0.15) is 17.3 Å². The summed E-state index contributed by atoms with van der Waals surface area (Å²) in [5.74, 6) is 0.142. The van der Waals surface area contributed by atoms with Gasteiger partial charge in [0.05, 0.1) is 23.8 Å². The predicted octanol–water partition coefficient (Wildman–Crippen LogP) is 2.06. The van der Waals surface area contributed by atoms with E-state index in [1.807, 2.05) is 0 Å². The fraction of sp³-hybridized carbons (Fsp3) is 0.364. The van der Waals surface area contributed by atoms with Crippen molar-refractivity contribution in [2.75, 3.05) is 13.7 Å². The molecule has 1 amide bonds. The molecule has 0 saturated carbocycles. The van der Waals surface area contributed by atoms with Crippen molar-refractivity contribution in [2.24, 2.45) is 0 Å². The molecule has 0 heterocycles. The Morgan fingerprint density at radius 1 is 1.65 bits per heavy atom. The molecule has 94 valence electrons. The fourth-order valence-electron chi connectivity index (χ4n) is 1.21. The number of rotatable bonds is 4. The Morgan fingerprint density at radius 2 is 2.29 bits per heavy atom. The first kappa shape index (κ1) is 14.5. The van der Waals surface area contributed by atoms with Gasteiger partial charge < -0.3 is 15.2 Å². The number of nitrogens with one attached hydrogen (secondary N) is 1. The zero-order chi connectivity index (χ0) is 13.0. The standard InChI is InChI=1S/C11H13ClINO3/c1-6(15)5-14-11(16)7-3-8(12)9(13)4-10(7)17-2/h3-4,6,15H,5H2,1-2H3,(H,14,16). The number of carbonyl (C=O) groups excluding carboxylic acids is 1. The first-order valence-electron chi connectivity index (χ1n) is 4.95. The molecular weight excluding hydrogens is 356 g/mol. The van der Waals surface area contributed by atoms with E-state index in [4.69, 9.17) is 21.4 Å². The van der Waals surface area contributed by atoms with Crippen molar-refractivity contribution >= 4 is 40.1 Å². The van der Waals surface area contributed by atoms with E-state index in [0.717, 1.165) is 3.57 Å². The zero-order valence-corrected chi connectivity index (χ0v) is 12.4. The van der Waals surface area contributed by atoms with Gasteiger partial charge in [-0.2, -0.15) is 0 Å². The Balaban J connectivity index is 2.96. The van der Waals surface area contributed by atoms with Crippen LogP contribution in [0.3, 0.4) is 0 Å². The van der Waals surface area contributed by atoms with Crippen LogP contribution < -0.4 is 10.1 Å². The summed E-state index contributed by atoms with van der Waals surface area (Å²) in [6.07, 6.45) is -0.593. The predicted molar refractivity (Wildman–Crippen MR) is 74.7 cm³/mol. The van der Waals surface area contributed by atoms with Crippen molar-refractivity contribution in [3.63, 3.8) is 0 Å². The maximum absolute atomic E-state index is 11.8. The molecule has 6 heteroatoms. The second kappa shape index (κ2) is 6.42. The minimum Gasteiger partial charge on any atom is -0.496 e. The Morgan fingerprint density at radius 3 is 2.82 bits per heavy atom. The molecule has 4 nitrogen and oxygen atoms in total. The molecule has 0 bridgehead atoms. The molecule has 1 atom stereocenters. The van der Waals surface area contributed by atoms with Crippen LogP contribution in [0.2, 0.25) is 5.02 Å². The maximum Gasteiger partial charge on any atom is 0.255 e. The van der Waals surface area contributed by atoms with Gasteiger partial charge in [-0.3, -0.25) is 4.79 Å². The maximum atomic E-state index is 11.8. The van der Waals surface area contributed by atoms with Crippen molar-refractivity contribution in [1.82, 2.24) is 5.32 Å². The van der Waals surface area contributed by atoms with E-state index < -0.39 is 6.10 Å². The lowest BCUT2D eigenvalue weighted by Gasteiger charge is -2.11. The molecule has 0 radical (unpaired) electrons. The minimum absolute atomic E-state index is 0.186. The summed E-state index contributed by atoms with van der Waals surface area (Å²) >= 11 is 8.02. The topological polar surface area (TPSA) is 58.6 Å². The molecule has 0 aromatic heterocycles. The number of aliphatic hydroxyl groups is 1. The number of aliphatic hydroxyl groups excluding tert-OH is 1. The quantitative estimate of drug-likeness (QED) is 0.799. The number of ether oxygens (including phenoxy) is 1. The van der Waals surface area contributed by atoms with Crippen molar-refractivity contribution in [1.29, 1.82) is 0 Å². The Bertz CT molecular complexity index is 423. The summed E-state index contributed by atoms with van der Waals surface area (Å²) in [6, 6.07) is 3.25. The minimum atomic E-state index is -0.593. The van der Waals surface area contributed by atoms with Crippen LogP contribution in [0.5, 0.6) is 5.75 Å². The van der Waals surface area contributed by atoms with Gasteiger partial charge in [0.25, 0.3) is 5.91 Å². The second-order valence-corrected chi connectivity index (χ2v) is 5.10. The van der Waals surface area contributed by atoms with Crippen LogP contribution >= 0.6 is 34.2 Å². The van der Waals surface area contributed by atoms with Crippen LogP contribution in [0, 0.1) is 3.57 Å². The first-order chi connectivity index (χ1) is 7.95. The molecule has 0 aliphatic heterocycles. The molecule has 1 aromatic carbocycles. The van der Waals surface area contributed by atoms with Crippen LogP contribution in [0.15, 0.2) is 12.1 Å². The van der Waals surface area contributed by atoms with Gasteiger partial charge in [-0.05, 0) is 41.6 Å². The summed E-state index contributed by atoms with van der Waals surface area (Å²) in [5.41, 5.74) is 0.360. The van der Waals surface area contributed by atoms with Gasteiger partial charge in [0.2, 0.25) is 0 Å². The molecule has 0 saturated heterocycles. The van der Waals surface area contributed by atoms with Gasteiger partial charge >= 0.3 is 0 Å². The largest absolute Gasteiger partial charge is 0.496 e.